The van der Waals surface area contributed by atoms with Gasteiger partial charge in [-0.15, -0.1) is 0 Å². The predicted molar refractivity (Wildman–Crippen MR) is 135 cm³/mol. The molecule has 0 spiro atoms. The Morgan fingerprint density at radius 1 is 1.21 bits per heavy atom. The summed E-state index contributed by atoms with van der Waals surface area (Å²) in [6.07, 6.45) is 10.3. The van der Waals surface area contributed by atoms with Crippen molar-refractivity contribution >= 4 is 17.6 Å². The summed E-state index contributed by atoms with van der Waals surface area (Å²) < 4.78 is 5.96. The Morgan fingerprint density at radius 3 is 2.45 bits per heavy atom. The highest BCUT2D eigenvalue weighted by Gasteiger charge is 2.51. The molecule has 4 aliphatic carbocycles. The third kappa shape index (κ3) is 6.23. The molecular weight excluding hydrogens is 434 g/mol. The van der Waals surface area contributed by atoms with Crippen LogP contribution in [0.25, 0.3) is 0 Å². The summed E-state index contributed by atoms with van der Waals surface area (Å²) in [6.45, 7) is 4.08. The number of likely N-dealkylation sites (N-methyl/N-ethyl adjacent to an activating group) is 1. The minimum absolute atomic E-state index is 0.0151. The molecule has 4 bridgehead atoms. The van der Waals surface area contributed by atoms with E-state index in [0.29, 0.717) is 23.6 Å². The highest BCUT2D eigenvalue weighted by atomic mass is 35.5. The van der Waals surface area contributed by atoms with Crippen molar-refractivity contribution in [1.29, 1.82) is 0 Å². The van der Waals surface area contributed by atoms with Crippen molar-refractivity contribution in [2.24, 2.45) is 23.2 Å². The van der Waals surface area contributed by atoms with Gasteiger partial charge in [0.1, 0.15) is 0 Å². The van der Waals surface area contributed by atoms with Crippen LogP contribution < -0.4 is 10.6 Å². The zero-order valence-electron chi connectivity index (χ0n) is 20.6. The van der Waals surface area contributed by atoms with Crippen molar-refractivity contribution in [3.05, 3.63) is 34.9 Å². The van der Waals surface area contributed by atoms with E-state index < -0.39 is 0 Å². The van der Waals surface area contributed by atoms with Crippen molar-refractivity contribution in [3.8, 4) is 0 Å². The van der Waals surface area contributed by atoms with E-state index in [4.69, 9.17) is 16.3 Å². The SMILES string of the molecule is CCO[C@H](CCN(C)C(=O)N[C@H](CNC)CC12CC3CC(CC(C3)C1)C2)c1cccc(Cl)c1. The van der Waals surface area contributed by atoms with E-state index in [2.05, 4.69) is 10.6 Å². The van der Waals surface area contributed by atoms with Crippen LogP contribution in [0.5, 0.6) is 0 Å². The molecule has 0 aromatic heterocycles. The molecule has 1 aromatic carbocycles. The third-order valence-corrected chi connectivity index (χ3v) is 8.52. The molecule has 5 rings (SSSR count). The number of amides is 2. The number of urea groups is 1. The lowest BCUT2D eigenvalue weighted by atomic mass is 9.48. The fraction of sp³-hybridized carbons (Fsp3) is 0.741. The first-order valence-corrected chi connectivity index (χ1v) is 13.3. The molecule has 4 aliphatic rings. The van der Waals surface area contributed by atoms with Crippen molar-refractivity contribution in [1.82, 2.24) is 15.5 Å². The van der Waals surface area contributed by atoms with Crippen LogP contribution in [0.4, 0.5) is 4.79 Å². The minimum atomic E-state index is -0.0657. The van der Waals surface area contributed by atoms with Gasteiger partial charge < -0.3 is 20.3 Å². The van der Waals surface area contributed by atoms with E-state index in [-0.39, 0.29) is 18.2 Å². The van der Waals surface area contributed by atoms with E-state index >= 15 is 0 Å². The molecule has 0 saturated heterocycles. The van der Waals surface area contributed by atoms with Gasteiger partial charge in [0.15, 0.2) is 0 Å². The zero-order chi connectivity index (χ0) is 23.4. The number of hydrogen-bond donors (Lipinski definition) is 2. The van der Waals surface area contributed by atoms with Crippen LogP contribution in [0.2, 0.25) is 5.02 Å². The molecular formula is C27H42ClN3O2. The van der Waals surface area contributed by atoms with Crippen LogP contribution in [0.3, 0.4) is 0 Å². The van der Waals surface area contributed by atoms with Crippen LogP contribution in [-0.2, 0) is 4.74 Å². The van der Waals surface area contributed by atoms with Gasteiger partial charge in [0.25, 0.3) is 0 Å². The molecule has 2 amide bonds. The van der Waals surface area contributed by atoms with E-state index in [1.54, 1.807) is 4.90 Å². The number of hydrogen-bond acceptors (Lipinski definition) is 3. The Balaban J connectivity index is 1.32. The Kier molecular flexibility index (Phi) is 8.24. The summed E-state index contributed by atoms with van der Waals surface area (Å²) in [5.41, 5.74) is 1.52. The summed E-state index contributed by atoms with van der Waals surface area (Å²) >= 11 is 6.18. The number of carbonyl (C=O) groups excluding carboxylic acids is 1. The highest BCUT2D eigenvalue weighted by molar-refractivity contribution is 6.30. The molecule has 33 heavy (non-hydrogen) atoms. The second-order valence-corrected chi connectivity index (χ2v) is 11.5. The van der Waals surface area contributed by atoms with Gasteiger partial charge in [-0.25, -0.2) is 4.79 Å². The van der Waals surface area contributed by atoms with Crippen molar-refractivity contribution < 1.29 is 9.53 Å². The molecule has 4 fully saturated rings. The lowest BCUT2D eigenvalue weighted by molar-refractivity contribution is -0.0613. The summed E-state index contributed by atoms with van der Waals surface area (Å²) in [5, 5.41) is 7.39. The molecule has 184 valence electrons. The second kappa shape index (κ2) is 11.0. The fourth-order valence-corrected chi connectivity index (χ4v) is 7.63. The van der Waals surface area contributed by atoms with Gasteiger partial charge >= 0.3 is 6.03 Å². The van der Waals surface area contributed by atoms with Gasteiger partial charge in [-0.2, -0.15) is 0 Å². The van der Waals surface area contributed by atoms with Gasteiger partial charge in [-0.3, -0.25) is 0 Å². The Bertz CT molecular complexity index is 766. The smallest absolute Gasteiger partial charge is 0.317 e. The molecule has 2 N–H and O–H groups in total. The Morgan fingerprint density at radius 2 is 1.88 bits per heavy atom. The lowest BCUT2D eigenvalue weighted by Crippen LogP contribution is -2.53. The quantitative estimate of drug-likeness (QED) is 0.435. The summed E-state index contributed by atoms with van der Waals surface area (Å²) in [6, 6.07) is 8.02. The average Bonchev–Trinajstić information content (AvgIpc) is 2.75. The first-order chi connectivity index (χ1) is 15.9. The maximum atomic E-state index is 13.1. The van der Waals surface area contributed by atoms with Crippen LogP contribution in [0.15, 0.2) is 24.3 Å². The topological polar surface area (TPSA) is 53.6 Å². The number of halogens is 1. The first-order valence-electron chi connectivity index (χ1n) is 12.9. The Hall–Kier alpha value is -1.30. The minimum Gasteiger partial charge on any atom is -0.374 e. The van der Waals surface area contributed by atoms with E-state index in [1.807, 2.05) is 45.3 Å². The number of nitrogens with one attached hydrogen (secondary N) is 2. The number of ether oxygens (including phenoxy) is 1. The molecule has 0 unspecified atom stereocenters. The normalized spacial score (nSPS) is 29.6. The van der Waals surface area contributed by atoms with E-state index in [9.17, 15) is 4.79 Å². The molecule has 0 heterocycles. The van der Waals surface area contributed by atoms with Gasteiger partial charge in [-0.1, -0.05) is 23.7 Å². The van der Waals surface area contributed by atoms with Crippen molar-refractivity contribution in [2.45, 2.75) is 70.4 Å². The number of carbonyl (C=O) groups is 1. The van der Waals surface area contributed by atoms with Crippen molar-refractivity contribution in [2.75, 3.05) is 33.8 Å². The molecule has 1 aromatic rings. The van der Waals surface area contributed by atoms with E-state index in [0.717, 1.165) is 42.7 Å². The van der Waals surface area contributed by atoms with Crippen molar-refractivity contribution in [3.63, 3.8) is 0 Å². The molecule has 5 nitrogen and oxygen atoms in total. The van der Waals surface area contributed by atoms with Crippen LogP contribution in [-0.4, -0.2) is 50.8 Å². The van der Waals surface area contributed by atoms with Crippen LogP contribution in [0.1, 0.15) is 70.0 Å². The number of nitrogens with zero attached hydrogens (tertiary/aromatic N) is 1. The molecule has 0 radical (unpaired) electrons. The first kappa shape index (κ1) is 24.8. The number of rotatable bonds is 11. The van der Waals surface area contributed by atoms with Gasteiger partial charge in [0, 0.05) is 37.8 Å². The largest absolute Gasteiger partial charge is 0.374 e. The number of benzene rings is 1. The summed E-state index contributed by atoms with van der Waals surface area (Å²) in [4.78, 5) is 14.9. The summed E-state index contributed by atoms with van der Waals surface area (Å²) in [5.74, 6) is 2.81. The molecule has 4 saturated carbocycles. The highest BCUT2D eigenvalue weighted by Crippen LogP contribution is 2.61. The maximum absolute atomic E-state index is 13.1. The standard InChI is InChI=1S/C27H42ClN3O2/c1-4-33-25(22-6-5-7-23(28)13-22)8-9-31(3)26(32)30-24(18-29-2)17-27-14-19-10-20(15-27)12-21(11-19)16-27/h5-7,13,19-21,24-25,29H,4,8-12,14-18H2,1-3H3,(H,30,32)/t19?,20?,21?,24-,25+,27?/m0/s1. The molecule has 0 aliphatic heterocycles. The second-order valence-electron chi connectivity index (χ2n) is 11.0. The summed E-state index contributed by atoms with van der Waals surface area (Å²) in [7, 11) is 3.87. The maximum Gasteiger partial charge on any atom is 0.317 e. The molecule has 2 atom stereocenters. The molecule has 6 heteroatoms. The Labute approximate surface area is 205 Å². The fourth-order valence-electron chi connectivity index (χ4n) is 7.43. The zero-order valence-corrected chi connectivity index (χ0v) is 21.4. The predicted octanol–water partition coefficient (Wildman–Crippen LogP) is 5.64. The van der Waals surface area contributed by atoms with Gasteiger partial charge in [0.05, 0.1) is 6.10 Å². The van der Waals surface area contributed by atoms with E-state index in [1.165, 1.54) is 38.5 Å². The average molecular weight is 476 g/mol. The lowest BCUT2D eigenvalue weighted by Gasteiger charge is -2.57. The third-order valence-electron chi connectivity index (χ3n) is 8.28. The van der Waals surface area contributed by atoms with Gasteiger partial charge in [-0.05, 0) is 106 Å². The van der Waals surface area contributed by atoms with Crippen LogP contribution >= 0.6 is 11.6 Å². The van der Waals surface area contributed by atoms with Gasteiger partial charge in [0.2, 0.25) is 0 Å². The van der Waals surface area contributed by atoms with Crippen LogP contribution in [0, 0.1) is 23.2 Å². The monoisotopic (exact) mass is 475 g/mol.